The van der Waals surface area contributed by atoms with Crippen LogP contribution in [-0.4, -0.2) is 53.0 Å². The number of hydrogen-bond donors (Lipinski definition) is 2. The molecule has 3 aromatic carbocycles. The van der Waals surface area contributed by atoms with E-state index < -0.39 is 23.5 Å². The molecule has 0 radical (unpaired) electrons. The van der Waals surface area contributed by atoms with Crippen LogP contribution in [0.3, 0.4) is 0 Å². The average molecular weight is 556 g/mol. The summed E-state index contributed by atoms with van der Waals surface area (Å²) in [5.41, 5.74) is 3.23. The summed E-state index contributed by atoms with van der Waals surface area (Å²) in [6.07, 6.45) is -0.730. The third-order valence-corrected chi connectivity index (χ3v) is 9.29. The van der Waals surface area contributed by atoms with Gasteiger partial charge in [-0.3, -0.25) is 4.79 Å². The highest BCUT2D eigenvalue weighted by Gasteiger charge is 2.65. The van der Waals surface area contributed by atoms with Crippen LogP contribution in [0.25, 0.3) is 43.6 Å². The first kappa shape index (κ1) is 24.8. The van der Waals surface area contributed by atoms with Gasteiger partial charge in [-0.2, -0.15) is 0 Å². The number of carbonyl (C=O) groups excluding carboxylic acids is 2. The van der Waals surface area contributed by atoms with Crippen LogP contribution in [0, 0.1) is 0 Å². The fraction of sp³-hybridized carbons (Fsp3) is 0.355. The minimum Gasteiger partial charge on any atom is -0.467 e. The van der Waals surface area contributed by atoms with E-state index in [2.05, 4.69) is 17.4 Å². The van der Waals surface area contributed by atoms with Gasteiger partial charge in [0.2, 0.25) is 5.60 Å². The van der Waals surface area contributed by atoms with E-state index >= 15 is 0 Å². The Hall–Kier alpha value is -3.96. The number of esters is 1. The number of aromatic nitrogens is 2. The predicted molar refractivity (Wildman–Crippen MR) is 150 cm³/mol. The van der Waals surface area contributed by atoms with Gasteiger partial charge < -0.3 is 38.5 Å². The molecule has 210 valence electrons. The number of carbonyl (C=O) groups is 2. The zero-order valence-corrected chi connectivity index (χ0v) is 23.2. The third kappa shape index (κ3) is 2.80. The van der Waals surface area contributed by atoms with Crippen molar-refractivity contribution in [3.63, 3.8) is 0 Å². The number of rotatable bonds is 5. The first-order valence-corrected chi connectivity index (χ1v) is 13.6. The molecule has 41 heavy (non-hydrogen) atoms. The topological polar surface area (TPSA) is 113 Å². The van der Waals surface area contributed by atoms with Gasteiger partial charge >= 0.3 is 5.97 Å². The van der Waals surface area contributed by atoms with Gasteiger partial charge in [0.15, 0.2) is 5.72 Å². The summed E-state index contributed by atoms with van der Waals surface area (Å²) in [5.74, 6) is -0.885. The van der Waals surface area contributed by atoms with Crippen LogP contribution in [0.1, 0.15) is 46.6 Å². The molecule has 3 aliphatic heterocycles. The highest BCUT2D eigenvalue weighted by Crippen LogP contribution is 2.57. The van der Waals surface area contributed by atoms with E-state index in [-0.39, 0.29) is 12.3 Å². The van der Waals surface area contributed by atoms with Gasteiger partial charge in [-0.25, -0.2) is 4.79 Å². The largest absolute Gasteiger partial charge is 0.467 e. The van der Waals surface area contributed by atoms with Crippen LogP contribution in [0.5, 0.6) is 0 Å². The lowest BCUT2D eigenvalue weighted by Gasteiger charge is -2.37. The lowest BCUT2D eigenvalue weighted by Crippen LogP contribution is -2.56. The quantitative estimate of drug-likeness (QED) is 0.316. The Morgan fingerprint density at radius 2 is 1.68 bits per heavy atom. The average Bonchev–Trinajstić information content (AvgIpc) is 3.65. The summed E-state index contributed by atoms with van der Waals surface area (Å²) in [7, 11) is 4.58. The maximum absolute atomic E-state index is 13.6. The minimum atomic E-state index is -1.99. The van der Waals surface area contributed by atoms with E-state index in [1.54, 1.807) is 21.1 Å². The summed E-state index contributed by atoms with van der Waals surface area (Å²) in [6, 6.07) is 12.1. The first-order valence-electron chi connectivity index (χ1n) is 13.6. The van der Waals surface area contributed by atoms with Crippen molar-refractivity contribution in [3.05, 3.63) is 58.7 Å². The molecule has 0 unspecified atom stereocenters. The molecule has 5 heterocycles. The van der Waals surface area contributed by atoms with E-state index in [1.165, 1.54) is 7.11 Å². The number of ether oxygens (including phenoxy) is 4. The molecular weight excluding hydrogens is 526 g/mol. The molecule has 2 bridgehead atoms. The second kappa shape index (κ2) is 8.07. The number of aliphatic hydroxyl groups is 1. The van der Waals surface area contributed by atoms with Crippen LogP contribution < -0.4 is 5.32 Å². The molecule has 0 spiro atoms. The number of fused-ring (bicyclic) bond motifs is 13. The summed E-state index contributed by atoms with van der Waals surface area (Å²) < 4.78 is 26.8. The van der Waals surface area contributed by atoms with Crippen molar-refractivity contribution in [1.82, 2.24) is 14.5 Å². The lowest BCUT2D eigenvalue weighted by molar-refractivity contribution is -0.202. The van der Waals surface area contributed by atoms with Gasteiger partial charge in [-0.15, -0.1) is 0 Å². The van der Waals surface area contributed by atoms with E-state index in [1.807, 2.05) is 33.4 Å². The highest BCUT2D eigenvalue weighted by atomic mass is 16.6. The molecular formula is C31H29N3O7. The van der Waals surface area contributed by atoms with Gasteiger partial charge in [0.1, 0.15) is 6.23 Å². The summed E-state index contributed by atoms with van der Waals surface area (Å²) >= 11 is 0. The molecule has 5 aromatic rings. The van der Waals surface area contributed by atoms with Crippen molar-refractivity contribution in [2.45, 2.75) is 50.7 Å². The zero-order valence-electron chi connectivity index (χ0n) is 23.2. The first-order chi connectivity index (χ1) is 19.8. The Labute approximate surface area is 234 Å². The molecule has 2 aromatic heterocycles. The SMILES string of the molecule is COCc1ccc2c(c1)c1c3c(c4c5cc(COC)ccc5n5c4c1n2[C@@H]1C[C@@](O)(C(=O)OC)[C@@]5(C)O1)CNC3=O. The predicted octanol–water partition coefficient (Wildman–Crippen LogP) is 3.95. The Balaban J connectivity index is 1.66. The van der Waals surface area contributed by atoms with Gasteiger partial charge in [0.25, 0.3) is 5.91 Å². The van der Waals surface area contributed by atoms with Gasteiger partial charge in [-0.1, -0.05) is 12.1 Å². The number of methoxy groups -OCH3 is 3. The lowest BCUT2D eigenvalue weighted by atomic mass is 9.88. The normalized spacial score (nSPS) is 24.6. The number of nitrogens with one attached hydrogen (secondary N) is 1. The molecule has 1 saturated heterocycles. The van der Waals surface area contributed by atoms with Crippen molar-refractivity contribution in [1.29, 1.82) is 0 Å². The highest BCUT2D eigenvalue weighted by molar-refractivity contribution is 6.31. The summed E-state index contributed by atoms with van der Waals surface area (Å²) in [6.45, 7) is 2.94. The van der Waals surface area contributed by atoms with E-state index in [4.69, 9.17) is 18.9 Å². The Morgan fingerprint density at radius 1 is 1.02 bits per heavy atom. The number of benzene rings is 3. The molecule has 10 heteroatoms. The molecule has 3 atom stereocenters. The number of nitrogens with zero attached hydrogens (tertiary/aromatic N) is 2. The van der Waals surface area contributed by atoms with Crippen molar-refractivity contribution in [3.8, 4) is 0 Å². The molecule has 8 rings (SSSR count). The van der Waals surface area contributed by atoms with Gasteiger partial charge in [-0.05, 0) is 47.9 Å². The smallest absolute Gasteiger partial charge is 0.343 e. The molecule has 2 N–H and O–H groups in total. The molecule has 1 amide bonds. The Morgan fingerprint density at radius 3 is 2.34 bits per heavy atom. The summed E-state index contributed by atoms with van der Waals surface area (Å²) in [4.78, 5) is 26.9. The van der Waals surface area contributed by atoms with Crippen LogP contribution in [-0.2, 0) is 49.2 Å². The maximum Gasteiger partial charge on any atom is 0.343 e. The van der Waals surface area contributed by atoms with Gasteiger partial charge in [0.05, 0.1) is 48.0 Å². The molecule has 0 saturated carbocycles. The standard InChI is InChI=1S/C31H29N3O7/c1-30-31(37,29(36)40-4)11-22(41-30)33-20-7-5-15(13-38-2)9-17(20)24-25-19(12-32-28(25)35)23-18-10-16(14-39-3)6-8-21(18)34(30)27(23)26(24)33/h5-10,22,37H,11-14H2,1-4H3,(H,32,35)/t22-,30+,31+/m0/s1. The van der Waals surface area contributed by atoms with Crippen molar-refractivity contribution in [2.75, 3.05) is 21.3 Å². The summed E-state index contributed by atoms with van der Waals surface area (Å²) in [5, 5.41) is 18.8. The monoisotopic (exact) mass is 555 g/mol. The van der Waals surface area contributed by atoms with Crippen LogP contribution in [0.15, 0.2) is 36.4 Å². The van der Waals surface area contributed by atoms with Crippen molar-refractivity contribution in [2.24, 2.45) is 0 Å². The minimum absolute atomic E-state index is 0.0273. The molecule has 10 nitrogen and oxygen atoms in total. The Bertz CT molecular complexity index is 2010. The van der Waals surface area contributed by atoms with Crippen molar-refractivity contribution < 1.29 is 33.6 Å². The zero-order chi connectivity index (χ0) is 28.4. The maximum atomic E-state index is 13.6. The van der Waals surface area contributed by atoms with Crippen LogP contribution in [0.2, 0.25) is 0 Å². The number of amides is 1. The van der Waals surface area contributed by atoms with Gasteiger partial charge in [0, 0.05) is 48.7 Å². The Kier molecular flexibility index (Phi) is 4.88. The van der Waals surface area contributed by atoms with E-state index in [0.29, 0.717) is 25.3 Å². The second-order valence-electron chi connectivity index (χ2n) is 11.4. The van der Waals surface area contributed by atoms with E-state index in [0.717, 1.165) is 60.3 Å². The molecule has 1 fully saturated rings. The van der Waals surface area contributed by atoms with Crippen LogP contribution in [0.4, 0.5) is 0 Å². The van der Waals surface area contributed by atoms with Crippen LogP contribution >= 0.6 is 0 Å². The van der Waals surface area contributed by atoms with Crippen molar-refractivity contribution >= 4 is 55.5 Å². The third-order valence-electron chi connectivity index (χ3n) is 9.29. The van der Waals surface area contributed by atoms with E-state index in [9.17, 15) is 14.7 Å². The molecule has 3 aliphatic rings. The fourth-order valence-corrected chi connectivity index (χ4v) is 7.60. The molecule has 0 aliphatic carbocycles. The fourth-order valence-electron chi connectivity index (χ4n) is 7.60. The number of hydrogen-bond acceptors (Lipinski definition) is 7. The second-order valence-corrected chi connectivity index (χ2v) is 11.4.